The highest BCUT2D eigenvalue weighted by Crippen LogP contribution is 2.27. The van der Waals surface area contributed by atoms with E-state index in [1.807, 2.05) is 38.1 Å². The van der Waals surface area contributed by atoms with Crippen LogP contribution in [0.2, 0.25) is 0 Å². The second-order valence-corrected chi connectivity index (χ2v) is 7.49. The summed E-state index contributed by atoms with van der Waals surface area (Å²) in [5, 5.41) is 15.0. The molecule has 3 aromatic heterocycles. The lowest BCUT2D eigenvalue weighted by Gasteiger charge is -2.13. The summed E-state index contributed by atoms with van der Waals surface area (Å²) >= 11 is 1.16. The Morgan fingerprint density at radius 3 is 2.54 bits per heavy atom. The molecule has 4 rings (SSSR count). The van der Waals surface area contributed by atoms with Gasteiger partial charge in [0.1, 0.15) is 16.4 Å². The maximum absolute atomic E-state index is 13.3. The van der Waals surface area contributed by atoms with Crippen molar-refractivity contribution < 1.29 is 14.4 Å². The Morgan fingerprint density at radius 2 is 1.93 bits per heavy atom. The number of carbonyl (C=O) groups is 1. The number of rotatable bonds is 4. The summed E-state index contributed by atoms with van der Waals surface area (Å²) in [6, 6.07) is 7.70. The first-order chi connectivity index (χ1) is 13.4. The fourth-order valence-corrected chi connectivity index (χ4v) is 4.04. The second-order valence-electron chi connectivity index (χ2n) is 6.63. The third-order valence-electron chi connectivity index (χ3n) is 4.73. The van der Waals surface area contributed by atoms with E-state index in [0.717, 1.165) is 28.0 Å². The molecule has 142 valence electrons. The largest absolute Gasteiger partial charge is 0.478 e. The van der Waals surface area contributed by atoms with Gasteiger partial charge in [0.2, 0.25) is 0 Å². The number of benzene rings is 1. The van der Waals surface area contributed by atoms with Gasteiger partial charge in [0.25, 0.3) is 5.56 Å². The number of aromatic nitrogens is 3. The standard InChI is InChI=1S/C20H17N3O4S/c1-10-4-6-13(7-5-10)17-21-18-16(15(9-28-18)20(25)26)19(24)23(17)8-14-11(2)22-27-12(14)3/h4-7,9H,8H2,1-3H3,(H,25,26). The van der Waals surface area contributed by atoms with Crippen LogP contribution in [0.3, 0.4) is 0 Å². The number of hydrogen-bond donors (Lipinski definition) is 1. The second kappa shape index (κ2) is 6.72. The number of aryl methyl sites for hydroxylation is 3. The molecule has 28 heavy (non-hydrogen) atoms. The van der Waals surface area contributed by atoms with Gasteiger partial charge in [-0.2, -0.15) is 0 Å². The van der Waals surface area contributed by atoms with Crippen LogP contribution in [0.4, 0.5) is 0 Å². The zero-order valence-electron chi connectivity index (χ0n) is 15.5. The number of hydrogen-bond acceptors (Lipinski definition) is 6. The molecule has 1 aromatic carbocycles. The first kappa shape index (κ1) is 18.1. The highest BCUT2D eigenvalue weighted by Gasteiger charge is 2.22. The topological polar surface area (TPSA) is 98.2 Å². The Labute approximate surface area is 163 Å². The summed E-state index contributed by atoms with van der Waals surface area (Å²) in [7, 11) is 0. The summed E-state index contributed by atoms with van der Waals surface area (Å²) < 4.78 is 6.72. The van der Waals surface area contributed by atoms with E-state index < -0.39 is 5.97 Å². The monoisotopic (exact) mass is 395 g/mol. The van der Waals surface area contributed by atoms with E-state index in [1.54, 1.807) is 6.92 Å². The molecule has 0 bridgehead atoms. The highest BCUT2D eigenvalue weighted by molar-refractivity contribution is 7.17. The predicted octanol–water partition coefficient (Wildman–Crippen LogP) is 3.78. The van der Waals surface area contributed by atoms with E-state index in [0.29, 0.717) is 22.1 Å². The van der Waals surface area contributed by atoms with Crippen molar-refractivity contribution in [2.75, 3.05) is 0 Å². The van der Waals surface area contributed by atoms with Crippen LogP contribution in [0.5, 0.6) is 0 Å². The number of fused-ring (bicyclic) bond motifs is 1. The maximum atomic E-state index is 13.3. The number of nitrogens with zero attached hydrogens (tertiary/aromatic N) is 3. The minimum atomic E-state index is -1.14. The van der Waals surface area contributed by atoms with Crippen LogP contribution in [0.1, 0.15) is 32.9 Å². The lowest BCUT2D eigenvalue weighted by molar-refractivity contribution is 0.0699. The van der Waals surface area contributed by atoms with Gasteiger partial charge in [0.15, 0.2) is 0 Å². The third kappa shape index (κ3) is 2.91. The van der Waals surface area contributed by atoms with Crippen LogP contribution >= 0.6 is 11.3 Å². The zero-order chi connectivity index (χ0) is 20.0. The van der Waals surface area contributed by atoms with Crippen LogP contribution in [-0.4, -0.2) is 25.8 Å². The van der Waals surface area contributed by atoms with Gasteiger partial charge in [-0.25, -0.2) is 9.78 Å². The van der Waals surface area contributed by atoms with E-state index in [4.69, 9.17) is 4.52 Å². The summed E-state index contributed by atoms with van der Waals surface area (Å²) in [6.45, 7) is 5.77. The average molecular weight is 395 g/mol. The molecule has 8 heteroatoms. The summed E-state index contributed by atoms with van der Waals surface area (Å²) in [4.78, 5) is 30.0. The molecule has 0 spiro atoms. The van der Waals surface area contributed by atoms with E-state index in [-0.39, 0.29) is 23.1 Å². The smallest absolute Gasteiger partial charge is 0.337 e. The van der Waals surface area contributed by atoms with E-state index in [2.05, 4.69) is 10.1 Å². The van der Waals surface area contributed by atoms with Gasteiger partial charge in [-0.15, -0.1) is 11.3 Å². The molecule has 0 aliphatic rings. The molecule has 0 unspecified atom stereocenters. The SMILES string of the molecule is Cc1ccc(-c2nc3scc(C(=O)O)c3c(=O)n2Cc2c(C)noc2C)cc1. The Balaban J connectivity index is 2.03. The Bertz CT molecular complexity index is 1250. The molecule has 0 atom stereocenters. The first-order valence-corrected chi connectivity index (χ1v) is 9.49. The normalized spacial score (nSPS) is 11.2. The van der Waals surface area contributed by atoms with Crippen molar-refractivity contribution in [2.45, 2.75) is 27.3 Å². The Morgan fingerprint density at radius 1 is 1.21 bits per heavy atom. The summed E-state index contributed by atoms with van der Waals surface area (Å²) in [5.74, 6) is -0.0449. The molecular formula is C20H17N3O4S. The Kier molecular flexibility index (Phi) is 4.35. The van der Waals surface area contributed by atoms with Gasteiger partial charge in [0, 0.05) is 16.5 Å². The van der Waals surface area contributed by atoms with Gasteiger partial charge in [-0.1, -0.05) is 35.0 Å². The number of thiophene rings is 1. The van der Waals surface area contributed by atoms with Crippen molar-refractivity contribution in [1.29, 1.82) is 0 Å². The van der Waals surface area contributed by atoms with Gasteiger partial charge < -0.3 is 9.63 Å². The quantitative estimate of drug-likeness (QED) is 0.565. The van der Waals surface area contributed by atoms with Gasteiger partial charge in [-0.3, -0.25) is 9.36 Å². The van der Waals surface area contributed by atoms with Gasteiger partial charge in [0.05, 0.1) is 23.2 Å². The molecule has 4 aromatic rings. The van der Waals surface area contributed by atoms with E-state index >= 15 is 0 Å². The van der Waals surface area contributed by atoms with E-state index in [9.17, 15) is 14.7 Å². The van der Waals surface area contributed by atoms with Gasteiger partial charge >= 0.3 is 5.97 Å². The molecule has 0 aliphatic heterocycles. The molecule has 0 radical (unpaired) electrons. The molecule has 0 fully saturated rings. The van der Waals surface area contributed by atoms with Crippen molar-refractivity contribution >= 4 is 27.5 Å². The van der Waals surface area contributed by atoms with Crippen molar-refractivity contribution in [1.82, 2.24) is 14.7 Å². The van der Waals surface area contributed by atoms with Crippen LogP contribution < -0.4 is 5.56 Å². The number of carboxylic acid groups (broad SMARTS) is 1. The van der Waals surface area contributed by atoms with Crippen LogP contribution in [0.15, 0.2) is 39.0 Å². The Hall–Kier alpha value is -3.26. The molecule has 3 heterocycles. The molecule has 1 N–H and O–H groups in total. The summed E-state index contributed by atoms with van der Waals surface area (Å²) in [5.41, 5.74) is 2.92. The molecule has 0 amide bonds. The number of aromatic carboxylic acids is 1. The predicted molar refractivity (Wildman–Crippen MR) is 106 cm³/mol. The van der Waals surface area contributed by atoms with Crippen molar-refractivity contribution in [2.24, 2.45) is 0 Å². The molecular weight excluding hydrogens is 378 g/mol. The van der Waals surface area contributed by atoms with Crippen molar-refractivity contribution in [3.8, 4) is 11.4 Å². The lowest BCUT2D eigenvalue weighted by Crippen LogP contribution is -2.25. The first-order valence-electron chi connectivity index (χ1n) is 8.61. The summed E-state index contributed by atoms with van der Waals surface area (Å²) in [6.07, 6.45) is 0. The average Bonchev–Trinajstić information content (AvgIpc) is 3.23. The minimum absolute atomic E-state index is 0.0273. The molecule has 7 nitrogen and oxygen atoms in total. The fraction of sp³-hybridized carbons (Fsp3) is 0.200. The van der Waals surface area contributed by atoms with Crippen molar-refractivity contribution in [3.63, 3.8) is 0 Å². The number of carboxylic acids is 1. The zero-order valence-corrected chi connectivity index (χ0v) is 16.3. The van der Waals surface area contributed by atoms with Gasteiger partial charge in [-0.05, 0) is 20.8 Å². The minimum Gasteiger partial charge on any atom is -0.478 e. The molecule has 0 aliphatic carbocycles. The third-order valence-corrected chi connectivity index (χ3v) is 5.60. The maximum Gasteiger partial charge on any atom is 0.337 e. The lowest BCUT2D eigenvalue weighted by atomic mass is 10.1. The highest BCUT2D eigenvalue weighted by atomic mass is 32.1. The van der Waals surface area contributed by atoms with Crippen molar-refractivity contribution in [3.05, 3.63) is 68.1 Å². The van der Waals surface area contributed by atoms with E-state index in [1.165, 1.54) is 9.95 Å². The molecule has 0 saturated heterocycles. The molecule has 0 saturated carbocycles. The van der Waals surface area contributed by atoms with Crippen LogP contribution in [0.25, 0.3) is 21.6 Å². The van der Waals surface area contributed by atoms with Crippen LogP contribution in [0, 0.1) is 20.8 Å². The van der Waals surface area contributed by atoms with Crippen LogP contribution in [-0.2, 0) is 6.54 Å². The fourth-order valence-electron chi connectivity index (χ4n) is 3.14.